The second-order valence-corrected chi connectivity index (χ2v) is 7.39. The molecular formula is C18H30CdO3S. The third-order valence-corrected chi connectivity index (χ3v) is 5.09. The molecule has 0 aliphatic rings. The van der Waals surface area contributed by atoms with E-state index in [0.717, 1.165) is 12.8 Å². The monoisotopic (exact) mass is 440 g/mol. The molecule has 1 aromatic rings. The quantitative estimate of drug-likeness (QED) is 0.238. The summed E-state index contributed by atoms with van der Waals surface area (Å²) in [5, 5.41) is 0. The average molecular weight is 439 g/mol. The molecule has 0 aliphatic heterocycles. The zero-order chi connectivity index (χ0) is 16.1. The Balaban J connectivity index is 0.00000484. The largest absolute Gasteiger partial charge is 0.296 e. The summed E-state index contributed by atoms with van der Waals surface area (Å²) in [6, 6.07) is 8.33. The Labute approximate surface area is 162 Å². The molecule has 3 nitrogen and oxygen atoms in total. The van der Waals surface area contributed by atoms with Crippen LogP contribution in [0.15, 0.2) is 35.2 Å². The molecule has 1 aromatic carbocycles. The van der Waals surface area contributed by atoms with Gasteiger partial charge in [-0.05, 0) is 18.6 Å². The maximum absolute atomic E-state index is 11.9. The zero-order valence-corrected chi connectivity index (χ0v) is 19.4. The van der Waals surface area contributed by atoms with Gasteiger partial charge in [0.15, 0.2) is 0 Å². The summed E-state index contributed by atoms with van der Waals surface area (Å²) in [5.41, 5.74) is 0. The topological polar surface area (TPSA) is 43.4 Å². The van der Waals surface area contributed by atoms with Crippen molar-refractivity contribution >= 4 is 10.1 Å². The third-order valence-electron chi connectivity index (χ3n) is 3.77. The van der Waals surface area contributed by atoms with Crippen molar-refractivity contribution in [1.82, 2.24) is 0 Å². The van der Waals surface area contributed by atoms with Gasteiger partial charge in [0.1, 0.15) is 0 Å². The SMILES string of the molecule is CCCCCCCCCCCCOS(=O)(=O)c1ccccc1.[Cd]. The van der Waals surface area contributed by atoms with Crippen LogP contribution >= 0.6 is 0 Å². The summed E-state index contributed by atoms with van der Waals surface area (Å²) in [7, 11) is -3.57. The first-order valence-corrected chi connectivity index (χ1v) is 10.0. The molecule has 0 saturated heterocycles. The van der Waals surface area contributed by atoms with E-state index in [1.54, 1.807) is 30.3 Å². The van der Waals surface area contributed by atoms with E-state index in [1.165, 1.54) is 51.4 Å². The zero-order valence-electron chi connectivity index (χ0n) is 14.5. The summed E-state index contributed by atoms with van der Waals surface area (Å²) in [4.78, 5) is 0.238. The molecule has 0 amide bonds. The van der Waals surface area contributed by atoms with E-state index >= 15 is 0 Å². The van der Waals surface area contributed by atoms with Crippen LogP contribution in [0.1, 0.15) is 71.1 Å². The van der Waals surface area contributed by atoms with Gasteiger partial charge < -0.3 is 0 Å². The number of rotatable bonds is 13. The van der Waals surface area contributed by atoms with E-state index in [2.05, 4.69) is 6.92 Å². The number of hydrogen-bond donors (Lipinski definition) is 0. The summed E-state index contributed by atoms with van der Waals surface area (Å²) < 4.78 is 28.8. The van der Waals surface area contributed by atoms with E-state index in [1.807, 2.05) is 0 Å². The van der Waals surface area contributed by atoms with Crippen LogP contribution in [0.5, 0.6) is 0 Å². The molecule has 1 rings (SSSR count). The fourth-order valence-corrected chi connectivity index (χ4v) is 3.38. The van der Waals surface area contributed by atoms with Crippen LogP contribution in [-0.2, 0) is 41.6 Å². The van der Waals surface area contributed by atoms with Gasteiger partial charge in [-0.3, -0.25) is 4.18 Å². The predicted molar refractivity (Wildman–Crippen MR) is 91.4 cm³/mol. The van der Waals surface area contributed by atoms with Crippen molar-refractivity contribution in [2.75, 3.05) is 6.61 Å². The van der Waals surface area contributed by atoms with Gasteiger partial charge in [-0.25, -0.2) is 0 Å². The van der Waals surface area contributed by atoms with Gasteiger partial charge in [0, 0.05) is 27.3 Å². The van der Waals surface area contributed by atoms with Crippen LogP contribution in [0, 0.1) is 0 Å². The standard InChI is InChI=1S/C18H30O3S.Cd/c1-2-3-4-5-6-7-8-9-10-14-17-21-22(19,20)18-15-12-11-13-16-18;/h11-13,15-16H,2-10,14,17H2,1H3;. The second-order valence-electron chi connectivity index (χ2n) is 5.77. The van der Waals surface area contributed by atoms with Crippen molar-refractivity contribution in [1.29, 1.82) is 0 Å². The normalized spacial score (nSPS) is 11.2. The van der Waals surface area contributed by atoms with Gasteiger partial charge in [-0.2, -0.15) is 8.42 Å². The maximum atomic E-state index is 11.9. The van der Waals surface area contributed by atoms with Crippen molar-refractivity contribution in [3.05, 3.63) is 30.3 Å². The summed E-state index contributed by atoms with van der Waals surface area (Å²) >= 11 is 0. The summed E-state index contributed by atoms with van der Waals surface area (Å²) in [6.07, 6.45) is 12.3. The minimum absolute atomic E-state index is 0. The van der Waals surface area contributed by atoms with E-state index in [-0.39, 0.29) is 38.8 Å². The van der Waals surface area contributed by atoms with Gasteiger partial charge in [0.2, 0.25) is 0 Å². The molecule has 0 radical (unpaired) electrons. The molecule has 0 spiro atoms. The van der Waals surface area contributed by atoms with Gasteiger partial charge in [0.05, 0.1) is 11.5 Å². The molecule has 0 saturated carbocycles. The van der Waals surface area contributed by atoms with E-state index in [9.17, 15) is 8.42 Å². The Morgan fingerprint density at radius 2 is 1.26 bits per heavy atom. The van der Waals surface area contributed by atoms with Gasteiger partial charge >= 0.3 is 0 Å². The predicted octanol–water partition coefficient (Wildman–Crippen LogP) is 5.31. The van der Waals surface area contributed by atoms with E-state index in [4.69, 9.17) is 4.18 Å². The molecule has 0 fully saturated rings. The van der Waals surface area contributed by atoms with Crippen LogP contribution in [0.2, 0.25) is 0 Å². The van der Waals surface area contributed by atoms with Gasteiger partial charge in [0.25, 0.3) is 10.1 Å². The fourth-order valence-electron chi connectivity index (χ4n) is 2.41. The first-order valence-electron chi connectivity index (χ1n) is 8.61. The van der Waals surface area contributed by atoms with Crippen molar-refractivity contribution in [3.8, 4) is 0 Å². The molecule has 0 N–H and O–H groups in total. The molecule has 0 unspecified atom stereocenters. The summed E-state index contributed by atoms with van der Waals surface area (Å²) in [5.74, 6) is 0. The minimum atomic E-state index is -3.57. The van der Waals surface area contributed by atoms with Gasteiger partial charge in [-0.1, -0.05) is 82.9 Å². The van der Waals surface area contributed by atoms with Crippen molar-refractivity contribution in [2.45, 2.75) is 76.0 Å². The van der Waals surface area contributed by atoms with Crippen molar-refractivity contribution in [2.24, 2.45) is 0 Å². The second kappa shape index (κ2) is 14.4. The number of hydrogen-bond acceptors (Lipinski definition) is 3. The van der Waals surface area contributed by atoms with Crippen molar-refractivity contribution < 1.29 is 39.9 Å². The summed E-state index contributed by atoms with van der Waals surface area (Å²) in [6.45, 7) is 2.52. The Hall–Kier alpha value is 0.0521. The smallest absolute Gasteiger partial charge is 0.266 e. The van der Waals surface area contributed by atoms with Gasteiger partial charge in [-0.15, -0.1) is 0 Å². The Morgan fingerprint density at radius 1 is 0.783 bits per heavy atom. The van der Waals surface area contributed by atoms with E-state index in [0.29, 0.717) is 0 Å². The first-order chi connectivity index (χ1) is 10.7. The maximum Gasteiger partial charge on any atom is 0.296 e. The average Bonchev–Trinajstić information content (AvgIpc) is 2.53. The molecule has 23 heavy (non-hydrogen) atoms. The van der Waals surface area contributed by atoms with Crippen LogP contribution in [0.4, 0.5) is 0 Å². The Morgan fingerprint density at radius 3 is 1.78 bits per heavy atom. The Bertz CT molecular complexity index is 474. The van der Waals surface area contributed by atoms with Crippen LogP contribution in [-0.4, -0.2) is 15.0 Å². The number of benzene rings is 1. The van der Waals surface area contributed by atoms with Crippen LogP contribution < -0.4 is 0 Å². The third kappa shape index (κ3) is 11.3. The molecule has 0 heterocycles. The minimum Gasteiger partial charge on any atom is -0.266 e. The fraction of sp³-hybridized carbons (Fsp3) is 0.667. The molecular weight excluding hydrogens is 409 g/mol. The van der Waals surface area contributed by atoms with E-state index < -0.39 is 10.1 Å². The van der Waals surface area contributed by atoms with Crippen molar-refractivity contribution in [3.63, 3.8) is 0 Å². The first kappa shape index (κ1) is 23.1. The molecule has 0 aliphatic carbocycles. The molecule has 128 valence electrons. The molecule has 5 heteroatoms. The molecule has 0 aromatic heterocycles. The van der Waals surface area contributed by atoms with Crippen LogP contribution in [0.3, 0.4) is 0 Å². The molecule has 0 bridgehead atoms. The Kier molecular flexibility index (Phi) is 14.4. The molecule has 0 atom stereocenters. The van der Waals surface area contributed by atoms with Crippen LogP contribution in [0.25, 0.3) is 0 Å². The number of unbranched alkanes of at least 4 members (excludes halogenated alkanes) is 9.